The van der Waals surface area contributed by atoms with E-state index in [0.717, 1.165) is 6.42 Å². The predicted molar refractivity (Wildman–Crippen MR) is 74.9 cm³/mol. The van der Waals surface area contributed by atoms with Crippen LogP contribution in [0.4, 0.5) is 0 Å². The Morgan fingerprint density at radius 3 is 2.74 bits per heavy atom. The highest BCUT2D eigenvalue weighted by atomic mass is 16.5. The monoisotopic (exact) mass is 264 g/mol. The van der Waals surface area contributed by atoms with Crippen molar-refractivity contribution in [3.05, 3.63) is 35.9 Å². The van der Waals surface area contributed by atoms with Gasteiger partial charge >= 0.3 is 0 Å². The van der Waals surface area contributed by atoms with Crippen LogP contribution in [0.5, 0.6) is 0 Å². The van der Waals surface area contributed by atoms with Crippen molar-refractivity contribution < 1.29 is 14.6 Å². The average molecular weight is 264 g/mol. The summed E-state index contributed by atoms with van der Waals surface area (Å²) >= 11 is 0. The van der Waals surface area contributed by atoms with Crippen LogP contribution in [0, 0.1) is 5.41 Å². The van der Waals surface area contributed by atoms with E-state index in [1.54, 1.807) is 0 Å². The standard InChI is InChI=1S/C16H24O3/c1-16(2,15-10-14(17)8-9-19-15)12-18-11-13-6-4-3-5-7-13/h3-7,14-15,17H,8-12H2,1-2H3. The van der Waals surface area contributed by atoms with Gasteiger partial charge in [0.2, 0.25) is 0 Å². The average Bonchev–Trinajstić information content (AvgIpc) is 2.40. The van der Waals surface area contributed by atoms with Crippen LogP contribution in [-0.4, -0.2) is 30.5 Å². The van der Waals surface area contributed by atoms with Gasteiger partial charge in [-0.1, -0.05) is 44.2 Å². The Morgan fingerprint density at radius 2 is 2.05 bits per heavy atom. The molecule has 1 fully saturated rings. The van der Waals surface area contributed by atoms with E-state index in [2.05, 4.69) is 26.0 Å². The van der Waals surface area contributed by atoms with Crippen molar-refractivity contribution in [2.24, 2.45) is 5.41 Å². The summed E-state index contributed by atoms with van der Waals surface area (Å²) in [6, 6.07) is 10.2. The van der Waals surface area contributed by atoms with Gasteiger partial charge in [0.15, 0.2) is 0 Å². The van der Waals surface area contributed by atoms with Crippen molar-refractivity contribution in [3.63, 3.8) is 0 Å². The van der Waals surface area contributed by atoms with Crippen LogP contribution in [-0.2, 0) is 16.1 Å². The van der Waals surface area contributed by atoms with Crippen molar-refractivity contribution in [1.29, 1.82) is 0 Å². The molecule has 1 aromatic rings. The second kappa shape index (κ2) is 6.51. The van der Waals surface area contributed by atoms with E-state index >= 15 is 0 Å². The van der Waals surface area contributed by atoms with Gasteiger partial charge in [0, 0.05) is 18.4 Å². The number of hydrogen-bond acceptors (Lipinski definition) is 3. The van der Waals surface area contributed by atoms with E-state index < -0.39 is 0 Å². The third-order valence-electron chi connectivity index (χ3n) is 3.71. The maximum absolute atomic E-state index is 9.73. The molecule has 1 aliphatic rings. The third-order valence-corrected chi connectivity index (χ3v) is 3.71. The van der Waals surface area contributed by atoms with E-state index in [1.165, 1.54) is 5.56 Å². The Hall–Kier alpha value is -0.900. The molecule has 1 aromatic carbocycles. The Morgan fingerprint density at radius 1 is 1.32 bits per heavy atom. The summed E-state index contributed by atoms with van der Waals surface area (Å²) < 4.78 is 11.6. The molecular weight excluding hydrogens is 240 g/mol. The first kappa shape index (κ1) is 14.5. The Balaban J connectivity index is 1.80. The number of benzene rings is 1. The van der Waals surface area contributed by atoms with Crippen LogP contribution in [0.1, 0.15) is 32.3 Å². The maximum Gasteiger partial charge on any atom is 0.0717 e. The van der Waals surface area contributed by atoms with E-state index in [0.29, 0.717) is 26.2 Å². The van der Waals surface area contributed by atoms with Gasteiger partial charge in [-0.3, -0.25) is 0 Å². The highest BCUT2D eigenvalue weighted by Crippen LogP contribution is 2.31. The highest BCUT2D eigenvalue weighted by Gasteiger charge is 2.34. The Bertz CT molecular complexity index is 375. The molecule has 2 rings (SSSR count). The molecule has 2 atom stereocenters. The minimum Gasteiger partial charge on any atom is -0.393 e. The summed E-state index contributed by atoms with van der Waals surface area (Å²) in [5, 5.41) is 9.73. The van der Waals surface area contributed by atoms with Crippen LogP contribution >= 0.6 is 0 Å². The molecule has 0 aliphatic carbocycles. The number of aliphatic hydroxyl groups is 1. The fourth-order valence-corrected chi connectivity index (χ4v) is 2.42. The summed E-state index contributed by atoms with van der Waals surface area (Å²) in [7, 11) is 0. The van der Waals surface area contributed by atoms with E-state index in [1.807, 2.05) is 18.2 Å². The van der Waals surface area contributed by atoms with Gasteiger partial charge in [-0.05, 0) is 12.0 Å². The molecule has 0 saturated carbocycles. The van der Waals surface area contributed by atoms with Gasteiger partial charge in [0.1, 0.15) is 0 Å². The lowest BCUT2D eigenvalue weighted by atomic mass is 9.83. The molecule has 0 radical (unpaired) electrons. The normalized spacial score (nSPS) is 24.4. The second-order valence-electron chi connectivity index (χ2n) is 6.00. The number of ether oxygens (including phenoxy) is 2. The zero-order valence-corrected chi connectivity index (χ0v) is 11.8. The van der Waals surface area contributed by atoms with Crippen molar-refractivity contribution in [2.45, 2.75) is 45.5 Å². The largest absolute Gasteiger partial charge is 0.393 e. The minimum absolute atomic E-state index is 0.0732. The first-order chi connectivity index (χ1) is 9.08. The maximum atomic E-state index is 9.73. The quantitative estimate of drug-likeness (QED) is 0.888. The van der Waals surface area contributed by atoms with Gasteiger partial charge in [-0.15, -0.1) is 0 Å². The van der Waals surface area contributed by atoms with Gasteiger partial charge < -0.3 is 14.6 Å². The minimum atomic E-state index is -0.229. The summed E-state index contributed by atoms with van der Waals surface area (Å²) in [5.74, 6) is 0. The van der Waals surface area contributed by atoms with Crippen molar-refractivity contribution in [2.75, 3.05) is 13.2 Å². The van der Waals surface area contributed by atoms with Crippen LogP contribution < -0.4 is 0 Å². The molecule has 0 spiro atoms. The first-order valence-electron chi connectivity index (χ1n) is 6.99. The lowest BCUT2D eigenvalue weighted by Crippen LogP contribution is -2.42. The first-order valence-corrected chi connectivity index (χ1v) is 6.99. The van der Waals surface area contributed by atoms with E-state index in [9.17, 15) is 5.11 Å². The van der Waals surface area contributed by atoms with Crippen LogP contribution in [0.3, 0.4) is 0 Å². The van der Waals surface area contributed by atoms with E-state index in [4.69, 9.17) is 9.47 Å². The molecule has 1 saturated heterocycles. The zero-order chi connectivity index (χ0) is 13.7. The number of rotatable bonds is 5. The van der Waals surface area contributed by atoms with Crippen molar-refractivity contribution in [3.8, 4) is 0 Å². The molecule has 1 aliphatic heterocycles. The van der Waals surface area contributed by atoms with Crippen LogP contribution in [0.15, 0.2) is 30.3 Å². The smallest absolute Gasteiger partial charge is 0.0717 e. The molecule has 2 unspecified atom stereocenters. The van der Waals surface area contributed by atoms with Gasteiger partial charge in [0.25, 0.3) is 0 Å². The topological polar surface area (TPSA) is 38.7 Å². The summed E-state index contributed by atoms with van der Waals surface area (Å²) in [6.45, 7) is 6.19. The highest BCUT2D eigenvalue weighted by molar-refractivity contribution is 5.13. The van der Waals surface area contributed by atoms with Crippen molar-refractivity contribution in [1.82, 2.24) is 0 Å². The number of aliphatic hydroxyl groups excluding tert-OH is 1. The Kier molecular flexibility index (Phi) is 4.97. The Labute approximate surface area is 115 Å². The van der Waals surface area contributed by atoms with Gasteiger partial charge in [0.05, 0.1) is 25.4 Å². The summed E-state index contributed by atoms with van der Waals surface area (Å²) in [4.78, 5) is 0. The lowest BCUT2D eigenvalue weighted by Gasteiger charge is -2.38. The summed E-state index contributed by atoms with van der Waals surface area (Å²) in [6.07, 6.45) is 1.30. The second-order valence-corrected chi connectivity index (χ2v) is 6.00. The molecule has 19 heavy (non-hydrogen) atoms. The molecule has 1 N–H and O–H groups in total. The molecule has 3 nitrogen and oxygen atoms in total. The molecule has 0 bridgehead atoms. The van der Waals surface area contributed by atoms with Crippen LogP contribution in [0.2, 0.25) is 0 Å². The van der Waals surface area contributed by atoms with Gasteiger partial charge in [-0.25, -0.2) is 0 Å². The molecule has 0 aromatic heterocycles. The molecule has 0 amide bonds. The zero-order valence-electron chi connectivity index (χ0n) is 11.8. The molecular formula is C16H24O3. The van der Waals surface area contributed by atoms with Crippen LogP contribution in [0.25, 0.3) is 0 Å². The van der Waals surface area contributed by atoms with Gasteiger partial charge in [-0.2, -0.15) is 0 Å². The number of hydrogen-bond donors (Lipinski definition) is 1. The molecule has 106 valence electrons. The third kappa shape index (κ3) is 4.30. The fraction of sp³-hybridized carbons (Fsp3) is 0.625. The fourth-order valence-electron chi connectivity index (χ4n) is 2.42. The van der Waals surface area contributed by atoms with E-state index in [-0.39, 0.29) is 17.6 Å². The van der Waals surface area contributed by atoms with Crippen molar-refractivity contribution >= 4 is 0 Å². The molecule has 1 heterocycles. The SMILES string of the molecule is CC(C)(COCc1ccccc1)C1CC(O)CCO1. The summed E-state index contributed by atoms with van der Waals surface area (Å²) in [5.41, 5.74) is 1.11. The lowest BCUT2D eigenvalue weighted by molar-refractivity contribution is -0.117. The molecule has 3 heteroatoms. The predicted octanol–water partition coefficient (Wildman–Crippen LogP) is 2.77.